The second kappa shape index (κ2) is 8.38. The maximum atomic E-state index is 14.0. The molecule has 0 N–H and O–H groups in total. The van der Waals surface area contributed by atoms with E-state index in [0.29, 0.717) is 5.69 Å². The van der Waals surface area contributed by atoms with Gasteiger partial charge in [-0.15, -0.1) is 0 Å². The van der Waals surface area contributed by atoms with E-state index in [4.69, 9.17) is 20.8 Å². The van der Waals surface area contributed by atoms with Gasteiger partial charge in [-0.25, -0.2) is 23.5 Å². The zero-order chi connectivity index (χ0) is 21.1. The van der Waals surface area contributed by atoms with Crippen molar-refractivity contribution in [3.8, 4) is 17.5 Å². The van der Waals surface area contributed by atoms with Gasteiger partial charge >= 0.3 is 6.16 Å². The van der Waals surface area contributed by atoms with Crippen LogP contribution in [0.2, 0.25) is 4.47 Å². The number of allylic oxidation sites excluding steroid dienone is 1. The maximum absolute atomic E-state index is 14.0. The summed E-state index contributed by atoms with van der Waals surface area (Å²) < 4.78 is 42.9. The van der Waals surface area contributed by atoms with E-state index < -0.39 is 23.4 Å². The van der Waals surface area contributed by atoms with Crippen LogP contribution in [0.15, 0.2) is 28.9 Å². The molecule has 0 spiro atoms. The molecule has 7 nitrogen and oxygen atoms in total. The van der Waals surface area contributed by atoms with Crippen LogP contribution in [0.4, 0.5) is 13.6 Å². The summed E-state index contributed by atoms with van der Waals surface area (Å²) in [5.41, 5.74) is -0.474. The van der Waals surface area contributed by atoms with Gasteiger partial charge in [0, 0.05) is 0 Å². The first-order valence-corrected chi connectivity index (χ1v) is 8.98. The quantitative estimate of drug-likeness (QED) is 0.313. The minimum absolute atomic E-state index is 0.118. The molecule has 0 saturated heterocycles. The number of aromatic nitrogens is 2. The van der Waals surface area contributed by atoms with Crippen molar-refractivity contribution >= 4 is 40.4 Å². The lowest BCUT2D eigenvalue weighted by Crippen LogP contribution is -2.05. The molecule has 0 radical (unpaired) electrons. The molecule has 148 valence electrons. The van der Waals surface area contributed by atoms with Crippen molar-refractivity contribution in [3.63, 3.8) is 0 Å². The smallest absolute Gasteiger partial charge is 0.444 e. The van der Waals surface area contributed by atoms with Gasteiger partial charge in [0.05, 0.1) is 17.7 Å². The fraction of sp³-hybridized carbons (Fsp3) is 0.111. The lowest BCUT2D eigenvalue weighted by molar-refractivity contribution is 0.112. The summed E-state index contributed by atoms with van der Waals surface area (Å²) in [5.74, 6) is -2.40. The number of ether oxygens (including phenoxy) is 2. The van der Waals surface area contributed by atoms with Gasteiger partial charge in [-0.1, -0.05) is 29.0 Å². The van der Waals surface area contributed by atoms with Gasteiger partial charge in [0.15, 0.2) is 10.2 Å². The molecule has 0 bridgehead atoms. The lowest BCUT2D eigenvalue weighted by Gasteiger charge is -2.08. The summed E-state index contributed by atoms with van der Waals surface area (Å²) in [5, 5.41) is 9.66. The van der Waals surface area contributed by atoms with Crippen molar-refractivity contribution in [3.05, 3.63) is 56.8 Å². The molecular weight excluding hydrogens is 428 g/mol. The Labute approximate surface area is 171 Å². The predicted molar refractivity (Wildman–Crippen MR) is 99.6 cm³/mol. The number of thiazole rings is 1. The average Bonchev–Trinajstić information content (AvgIpc) is 3.27. The van der Waals surface area contributed by atoms with Gasteiger partial charge < -0.3 is 13.9 Å². The number of methoxy groups -OCH3 is 1. The van der Waals surface area contributed by atoms with E-state index in [1.54, 1.807) is 6.92 Å². The fourth-order valence-corrected chi connectivity index (χ4v) is 3.48. The topological polar surface area (TPSA) is 98.2 Å². The van der Waals surface area contributed by atoms with Crippen molar-refractivity contribution in [1.82, 2.24) is 9.97 Å². The highest BCUT2D eigenvalue weighted by Gasteiger charge is 2.25. The molecule has 0 aliphatic rings. The molecule has 0 atom stereocenters. The number of carbonyl (C=O) groups excluding carboxylic acids is 1. The van der Waals surface area contributed by atoms with Crippen LogP contribution in [-0.4, -0.2) is 23.2 Å². The van der Waals surface area contributed by atoms with Crippen LogP contribution in [0.3, 0.4) is 0 Å². The Morgan fingerprint density at radius 2 is 2.00 bits per heavy atom. The predicted octanol–water partition coefficient (Wildman–Crippen LogP) is 5.21. The standard InChI is InChI=1S/C18H10ClF2N3O4S/c1-8-15(29-17(19)23-8)14(28-18(25)26-2)9(6-22)12-7-27-16(24-12)13-10(20)4-3-5-11(13)21/h3-5,7H,1-2H3. The van der Waals surface area contributed by atoms with Crippen molar-refractivity contribution in [2.24, 2.45) is 0 Å². The highest BCUT2D eigenvalue weighted by atomic mass is 35.5. The first-order chi connectivity index (χ1) is 13.8. The molecule has 11 heteroatoms. The Morgan fingerprint density at radius 1 is 1.31 bits per heavy atom. The summed E-state index contributed by atoms with van der Waals surface area (Å²) in [6.07, 6.45) is -0.0844. The van der Waals surface area contributed by atoms with E-state index in [1.807, 2.05) is 6.07 Å². The Bertz CT molecular complexity index is 1150. The Hall–Kier alpha value is -3.29. The molecule has 1 aromatic carbocycles. The van der Waals surface area contributed by atoms with Crippen LogP contribution >= 0.6 is 22.9 Å². The number of carbonyl (C=O) groups is 1. The lowest BCUT2D eigenvalue weighted by atomic mass is 10.1. The molecule has 0 saturated carbocycles. The van der Waals surface area contributed by atoms with Crippen LogP contribution < -0.4 is 0 Å². The molecule has 0 unspecified atom stereocenters. The zero-order valence-electron chi connectivity index (χ0n) is 14.8. The van der Waals surface area contributed by atoms with E-state index in [-0.39, 0.29) is 32.3 Å². The molecule has 0 fully saturated rings. The zero-order valence-corrected chi connectivity index (χ0v) is 16.4. The summed E-state index contributed by atoms with van der Waals surface area (Å²) in [4.78, 5) is 20.0. The van der Waals surface area contributed by atoms with Crippen molar-refractivity contribution in [2.45, 2.75) is 6.92 Å². The number of halogens is 3. The summed E-state index contributed by atoms with van der Waals surface area (Å²) in [6, 6.07) is 5.12. The minimum Gasteiger partial charge on any atom is -0.444 e. The van der Waals surface area contributed by atoms with Gasteiger partial charge in [0.25, 0.3) is 0 Å². The van der Waals surface area contributed by atoms with E-state index >= 15 is 0 Å². The molecule has 29 heavy (non-hydrogen) atoms. The Kier molecular flexibility index (Phi) is 5.91. The second-order valence-electron chi connectivity index (χ2n) is 5.39. The monoisotopic (exact) mass is 437 g/mol. The number of hydrogen-bond donors (Lipinski definition) is 0. The van der Waals surface area contributed by atoms with Crippen LogP contribution in [-0.2, 0) is 9.47 Å². The highest BCUT2D eigenvalue weighted by Crippen LogP contribution is 2.36. The van der Waals surface area contributed by atoms with Crippen molar-refractivity contribution in [2.75, 3.05) is 7.11 Å². The van der Waals surface area contributed by atoms with Gasteiger partial charge in [-0.05, 0) is 19.1 Å². The first-order valence-electron chi connectivity index (χ1n) is 7.79. The second-order valence-corrected chi connectivity index (χ2v) is 6.97. The van der Waals surface area contributed by atoms with E-state index in [2.05, 4.69) is 14.7 Å². The number of oxazole rings is 1. The highest BCUT2D eigenvalue weighted by molar-refractivity contribution is 7.16. The fourth-order valence-electron chi connectivity index (χ4n) is 2.34. The van der Waals surface area contributed by atoms with E-state index in [1.165, 1.54) is 6.07 Å². The Balaban J connectivity index is 2.18. The molecule has 3 aromatic rings. The molecule has 0 aliphatic heterocycles. The third-order valence-electron chi connectivity index (χ3n) is 3.60. The van der Waals surface area contributed by atoms with Gasteiger partial charge in [0.2, 0.25) is 5.89 Å². The number of benzene rings is 1. The molecule has 2 heterocycles. The first kappa shape index (κ1) is 20.4. The molecular formula is C18H10ClF2N3O4S. The number of nitriles is 1. The largest absolute Gasteiger partial charge is 0.513 e. The van der Waals surface area contributed by atoms with Crippen LogP contribution in [0.1, 0.15) is 16.3 Å². The van der Waals surface area contributed by atoms with E-state index in [9.17, 15) is 18.8 Å². The maximum Gasteiger partial charge on any atom is 0.513 e. The van der Waals surface area contributed by atoms with Crippen LogP contribution in [0.25, 0.3) is 22.8 Å². The molecule has 2 aromatic heterocycles. The van der Waals surface area contributed by atoms with E-state index in [0.717, 1.165) is 36.8 Å². The number of aryl methyl sites for hydroxylation is 1. The van der Waals surface area contributed by atoms with Crippen LogP contribution in [0.5, 0.6) is 0 Å². The Morgan fingerprint density at radius 3 is 2.55 bits per heavy atom. The summed E-state index contributed by atoms with van der Waals surface area (Å²) in [6.45, 7) is 1.59. The third-order valence-corrected chi connectivity index (χ3v) is 4.87. The van der Waals surface area contributed by atoms with Gasteiger partial charge in [-0.3, -0.25) is 0 Å². The molecule has 0 aliphatic carbocycles. The third kappa shape index (κ3) is 4.11. The normalized spacial score (nSPS) is 11.6. The SMILES string of the molecule is COC(=O)OC(=C(C#N)c1coc(-c2c(F)cccc2F)n1)c1sc(Cl)nc1C. The number of rotatable bonds is 4. The van der Waals surface area contributed by atoms with Crippen molar-refractivity contribution in [1.29, 1.82) is 5.26 Å². The van der Waals surface area contributed by atoms with Gasteiger partial charge in [0.1, 0.15) is 40.8 Å². The minimum atomic E-state index is -1.10. The average molecular weight is 438 g/mol. The number of nitrogens with zero attached hydrogens (tertiary/aromatic N) is 3. The summed E-state index contributed by atoms with van der Waals surface area (Å²) in [7, 11) is 1.09. The van der Waals surface area contributed by atoms with Gasteiger partial charge in [-0.2, -0.15) is 5.26 Å². The molecule has 3 rings (SSSR count). The molecule has 0 amide bonds. The number of hydrogen-bond acceptors (Lipinski definition) is 8. The van der Waals surface area contributed by atoms with Crippen LogP contribution in [0, 0.1) is 29.9 Å². The summed E-state index contributed by atoms with van der Waals surface area (Å²) >= 11 is 6.86. The van der Waals surface area contributed by atoms with Crippen molar-refractivity contribution < 1.29 is 27.5 Å².